The zero-order valence-electron chi connectivity index (χ0n) is 7.87. The van der Waals surface area contributed by atoms with E-state index in [0.29, 0.717) is 18.8 Å². The largest absolute Gasteiger partial charge is 0.324 e. The van der Waals surface area contributed by atoms with Gasteiger partial charge in [-0.25, -0.2) is 9.07 Å². The number of alkyl halides is 1. The molecule has 0 bridgehead atoms. The minimum absolute atomic E-state index is 0.277. The molecule has 0 fully saturated rings. The van der Waals surface area contributed by atoms with Crippen LogP contribution in [0.5, 0.6) is 0 Å². The van der Waals surface area contributed by atoms with Crippen LogP contribution >= 0.6 is 0 Å². The van der Waals surface area contributed by atoms with Gasteiger partial charge in [-0.3, -0.25) is 0 Å². The monoisotopic (exact) mass is 187 g/mol. The van der Waals surface area contributed by atoms with Crippen molar-refractivity contribution < 1.29 is 4.39 Å². The van der Waals surface area contributed by atoms with Crippen molar-refractivity contribution in [1.29, 1.82) is 0 Å². The van der Waals surface area contributed by atoms with E-state index in [2.05, 4.69) is 15.5 Å². The van der Waals surface area contributed by atoms with Crippen LogP contribution in [0.2, 0.25) is 0 Å². The zero-order valence-corrected chi connectivity index (χ0v) is 7.87. The quantitative estimate of drug-likeness (QED) is 0.734. The van der Waals surface area contributed by atoms with Gasteiger partial charge in [0.2, 0.25) is 0 Å². The molecule has 6 heteroatoms. The first-order valence-electron chi connectivity index (χ1n) is 4.17. The molecule has 0 spiro atoms. The second-order valence-corrected chi connectivity index (χ2v) is 3.49. The van der Waals surface area contributed by atoms with Crippen molar-refractivity contribution in [2.45, 2.75) is 39.0 Å². The molecular weight excluding hydrogens is 173 g/mol. The van der Waals surface area contributed by atoms with Crippen LogP contribution in [0.25, 0.3) is 0 Å². The molecule has 2 N–H and O–H groups in total. The topological polar surface area (TPSA) is 69.6 Å². The van der Waals surface area contributed by atoms with Gasteiger partial charge in [-0.2, -0.15) is 0 Å². The first-order chi connectivity index (χ1) is 6.03. The molecule has 5 nitrogen and oxygen atoms in total. The molecule has 0 aliphatic carbocycles. The third-order valence-corrected chi connectivity index (χ3v) is 1.71. The maximum atomic E-state index is 13.1. The van der Waals surface area contributed by atoms with Crippen LogP contribution in [0.3, 0.4) is 0 Å². The number of hydrogen-bond donors (Lipinski definition) is 1. The first kappa shape index (κ1) is 10.0. The maximum Gasteiger partial charge on any atom is 0.164 e. The SMILES string of the molecule is CC(C)(F)CCn1nnnc1CN. The third kappa shape index (κ3) is 3.06. The zero-order chi connectivity index (χ0) is 9.90. The van der Waals surface area contributed by atoms with Crippen molar-refractivity contribution >= 4 is 0 Å². The minimum Gasteiger partial charge on any atom is -0.324 e. The molecule has 0 aromatic carbocycles. The summed E-state index contributed by atoms with van der Waals surface area (Å²) in [5.41, 5.74) is 4.18. The summed E-state index contributed by atoms with van der Waals surface area (Å²) < 4.78 is 14.6. The fraction of sp³-hybridized carbons (Fsp3) is 0.857. The molecule has 1 aromatic rings. The van der Waals surface area contributed by atoms with Gasteiger partial charge in [-0.1, -0.05) is 0 Å². The number of aryl methyl sites for hydroxylation is 1. The van der Waals surface area contributed by atoms with Gasteiger partial charge in [0.1, 0.15) is 5.67 Å². The van der Waals surface area contributed by atoms with Crippen LogP contribution < -0.4 is 5.73 Å². The Kier molecular flexibility index (Phi) is 2.92. The van der Waals surface area contributed by atoms with Gasteiger partial charge in [0, 0.05) is 13.0 Å². The fourth-order valence-corrected chi connectivity index (χ4v) is 0.915. The Bertz CT molecular complexity index is 264. The van der Waals surface area contributed by atoms with E-state index in [1.165, 1.54) is 18.5 Å². The molecular formula is C7H14FN5. The number of halogens is 1. The van der Waals surface area contributed by atoms with Crippen molar-refractivity contribution in [3.05, 3.63) is 5.82 Å². The first-order valence-corrected chi connectivity index (χ1v) is 4.17. The molecule has 0 saturated carbocycles. The van der Waals surface area contributed by atoms with Gasteiger partial charge in [0.15, 0.2) is 5.82 Å². The van der Waals surface area contributed by atoms with Gasteiger partial charge >= 0.3 is 0 Å². The summed E-state index contributed by atoms with van der Waals surface area (Å²) in [6.07, 6.45) is 0.380. The summed E-state index contributed by atoms with van der Waals surface area (Å²) in [6.45, 7) is 3.79. The highest BCUT2D eigenvalue weighted by atomic mass is 19.1. The van der Waals surface area contributed by atoms with Crippen LogP contribution in [0.1, 0.15) is 26.1 Å². The second kappa shape index (κ2) is 3.78. The lowest BCUT2D eigenvalue weighted by molar-refractivity contribution is 0.188. The van der Waals surface area contributed by atoms with E-state index in [9.17, 15) is 4.39 Å². The fourth-order valence-electron chi connectivity index (χ4n) is 0.915. The van der Waals surface area contributed by atoms with E-state index < -0.39 is 5.67 Å². The van der Waals surface area contributed by atoms with E-state index >= 15 is 0 Å². The molecule has 0 atom stereocenters. The Morgan fingerprint density at radius 3 is 2.77 bits per heavy atom. The lowest BCUT2D eigenvalue weighted by atomic mass is 10.1. The van der Waals surface area contributed by atoms with Crippen LogP contribution in [-0.2, 0) is 13.1 Å². The standard InChI is InChI=1S/C7H14FN5/c1-7(2,8)3-4-13-6(5-9)10-11-12-13/h3-5,9H2,1-2H3. The molecule has 0 aliphatic heterocycles. The highest BCUT2D eigenvalue weighted by molar-refractivity contribution is 4.79. The van der Waals surface area contributed by atoms with Crippen LogP contribution in [-0.4, -0.2) is 25.9 Å². The second-order valence-electron chi connectivity index (χ2n) is 3.49. The lowest BCUT2D eigenvalue weighted by Crippen LogP contribution is -2.18. The number of rotatable bonds is 4. The molecule has 13 heavy (non-hydrogen) atoms. The Hall–Kier alpha value is -1.04. The highest BCUT2D eigenvalue weighted by Gasteiger charge is 2.16. The van der Waals surface area contributed by atoms with E-state index in [1.54, 1.807) is 0 Å². The number of tetrazole rings is 1. The van der Waals surface area contributed by atoms with Gasteiger partial charge in [-0.05, 0) is 24.3 Å². The molecule has 1 rings (SSSR count). The Morgan fingerprint density at radius 2 is 2.23 bits per heavy atom. The van der Waals surface area contributed by atoms with E-state index in [0.717, 1.165) is 0 Å². The van der Waals surface area contributed by atoms with Crippen LogP contribution in [0.4, 0.5) is 4.39 Å². The van der Waals surface area contributed by atoms with E-state index in [4.69, 9.17) is 5.73 Å². The average Bonchev–Trinajstić information content (AvgIpc) is 2.46. The molecule has 0 radical (unpaired) electrons. The summed E-state index contributed by atoms with van der Waals surface area (Å²) in [5, 5.41) is 10.8. The van der Waals surface area contributed by atoms with Crippen LogP contribution in [0.15, 0.2) is 0 Å². The number of nitrogens with zero attached hydrogens (tertiary/aromatic N) is 4. The Morgan fingerprint density at radius 1 is 1.54 bits per heavy atom. The summed E-state index contributed by atoms with van der Waals surface area (Å²) >= 11 is 0. The highest BCUT2D eigenvalue weighted by Crippen LogP contribution is 2.14. The molecule has 0 unspecified atom stereocenters. The van der Waals surface area contributed by atoms with Crippen molar-refractivity contribution in [2.75, 3.05) is 0 Å². The summed E-state index contributed by atoms with van der Waals surface area (Å²) in [4.78, 5) is 0. The molecule has 1 aromatic heterocycles. The summed E-state index contributed by atoms with van der Waals surface area (Å²) in [7, 11) is 0. The predicted octanol–water partition coefficient (Wildman–Crippen LogP) is 0.270. The number of aromatic nitrogens is 4. The molecule has 74 valence electrons. The number of nitrogens with two attached hydrogens (primary N) is 1. The average molecular weight is 187 g/mol. The Balaban J connectivity index is 2.54. The van der Waals surface area contributed by atoms with E-state index in [-0.39, 0.29) is 6.54 Å². The Labute approximate surface area is 76.1 Å². The van der Waals surface area contributed by atoms with Crippen molar-refractivity contribution in [2.24, 2.45) is 5.73 Å². The molecule has 0 aliphatic rings. The third-order valence-electron chi connectivity index (χ3n) is 1.71. The summed E-state index contributed by atoms with van der Waals surface area (Å²) in [6, 6.07) is 0. The van der Waals surface area contributed by atoms with Gasteiger partial charge < -0.3 is 5.73 Å². The minimum atomic E-state index is -1.20. The van der Waals surface area contributed by atoms with Gasteiger partial charge in [0.05, 0.1) is 6.54 Å². The van der Waals surface area contributed by atoms with Crippen molar-refractivity contribution in [1.82, 2.24) is 20.2 Å². The molecule has 0 amide bonds. The normalized spacial score (nSPS) is 12.0. The summed E-state index contributed by atoms with van der Waals surface area (Å²) in [5.74, 6) is 0.587. The number of hydrogen-bond acceptors (Lipinski definition) is 4. The predicted molar refractivity (Wildman–Crippen MR) is 45.5 cm³/mol. The van der Waals surface area contributed by atoms with Crippen molar-refractivity contribution in [3.63, 3.8) is 0 Å². The van der Waals surface area contributed by atoms with Gasteiger partial charge in [-0.15, -0.1) is 5.10 Å². The van der Waals surface area contributed by atoms with Crippen LogP contribution in [0, 0.1) is 0 Å². The van der Waals surface area contributed by atoms with E-state index in [1.807, 2.05) is 0 Å². The van der Waals surface area contributed by atoms with Gasteiger partial charge in [0.25, 0.3) is 0 Å². The smallest absolute Gasteiger partial charge is 0.164 e. The lowest BCUT2D eigenvalue weighted by Gasteiger charge is -2.13. The van der Waals surface area contributed by atoms with Crippen molar-refractivity contribution in [3.8, 4) is 0 Å². The molecule has 0 saturated heterocycles. The maximum absolute atomic E-state index is 13.1. The molecule has 1 heterocycles.